The number of thioether (sulfide) groups is 1. The van der Waals surface area contributed by atoms with Crippen LogP contribution in [0.3, 0.4) is 0 Å². The Hall–Kier alpha value is -5.54. The smallest absolute Gasteiger partial charge is 0.272 e. The molecule has 0 aliphatic carbocycles. The van der Waals surface area contributed by atoms with Gasteiger partial charge in [0.1, 0.15) is 23.0 Å². The minimum atomic E-state index is -0.537. The SMILES string of the molecule is COc1ccccc1-c1ccc(C=C(NC(=O)c2ccccc2)C(=O)Nc2ccc(SC(C)C(=O)Nc3ccccc3)cc2)o1. The van der Waals surface area contributed by atoms with Gasteiger partial charge in [-0.1, -0.05) is 48.5 Å². The van der Waals surface area contributed by atoms with Crippen LogP contribution in [0.4, 0.5) is 11.4 Å². The summed E-state index contributed by atoms with van der Waals surface area (Å²) < 4.78 is 11.5. The topological polar surface area (TPSA) is 110 Å². The first-order chi connectivity index (χ1) is 21.9. The van der Waals surface area contributed by atoms with E-state index in [1.165, 1.54) is 17.8 Å². The standard InChI is InChI=1S/C36H31N3O5S/c1-24(34(40)37-26-13-7-4-8-14-26)45-29-20-17-27(18-21-29)38-36(42)31(39-35(41)25-11-5-3-6-12-25)23-28-19-22-33(44-28)30-15-9-10-16-32(30)43-2/h3-24H,1-2H3,(H,37,40)(H,38,42)(H,39,41). The molecule has 0 fully saturated rings. The maximum atomic E-state index is 13.5. The maximum Gasteiger partial charge on any atom is 0.272 e. The highest BCUT2D eigenvalue weighted by atomic mass is 32.2. The molecule has 0 bridgehead atoms. The largest absolute Gasteiger partial charge is 0.496 e. The molecule has 5 aromatic rings. The third-order valence-corrected chi connectivity index (χ3v) is 7.76. The van der Waals surface area contributed by atoms with Gasteiger partial charge in [0.2, 0.25) is 5.91 Å². The summed E-state index contributed by atoms with van der Waals surface area (Å²) >= 11 is 1.40. The number of carbonyl (C=O) groups excluding carboxylic acids is 3. The Morgan fingerprint density at radius 2 is 1.40 bits per heavy atom. The monoisotopic (exact) mass is 617 g/mol. The van der Waals surface area contributed by atoms with Crippen LogP contribution < -0.4 is 20.7 Å². The second kappa shape index (κ2) is 14.8. The van der Waals surface area contributed by atoms with Crippen molar-refractivity contribution in [3.8, 4) is 17.1 Å². The summed E-state index contributed by atoms with van der Waals surface area (Å²) in [6.45, 7) is 1.83. The van der Waals surface area contributed by atoms with Crippen molar-refractivity contribution in [3.63, 3.8) is 0 Å². The van der Waals surface area contributed by atoms with Crippen LogP contribution >= 0.6 is 11.8 Å². The first kappa shape index (κ1) is 30.9. The van der Waals surface area contributed by atoms with Crippen molar-refractivity contribution in [2.24, 2.45) is 0 Å². The van der Waals surface area contributed by atoms with Crippen LogP contribution in [0.5, 0.6) is 5.75 Å². The van der Waals surface area contributed by atoms with Gasteiger partial charge in [0.05, 0.1) is 17.9 Å². The van der Waals surface area contributed by atoms with Gasteiger partial charge in [-0.3, -0.25) is 14.4 Å². The predicted molar refractivity (Wildman–Crippen MR) is 178 cm³/mol. The zero-order valence-electron chi connectivity index (χ0n) is 24.7. The molecule has 0 spiro atoms. The van der Waals surface area contributed by atoms with Crippen LogP contribution in [0.15, 0.2) is 136 Å². The van der Waals surface area contributed by atoms with Crippen molar-refractivity contribution < 1.29 is 23.5 Å². The zero-order valence-corrected chi connectivity index (χ0v) is 25.5. The Kier molecular flexibility index (Phi) is 10.1. The number of furan rings is 1. The van der Waals surface area contributed by atoms with E-state index in [0.29, 0.717) is 28.5 Å². The van der Waals surface area contributed by atoms with Crippen molar-refractivity contribution in [3.05, 3.63) is 138 Å². The summed E-state index contributed by atoms with van der Waals surface area (Å²) in [6.07, 6.45) is 1.48. The summed E-state index contributed by atoms with van der Waals surface area (Å²) in [6, 6.07) is 36.0. The molecule has 3 N–H and O–H groups in total. The Bertz CT molecular complexity index is 1800. The molecule has 0 aliphatic heterocycles. The molecule has 3 amide bonds. The van der Waals surface area contributed by atoms with E-state index < -0.39 is 11.8 Å². The van der Waals surface area contributed by atoms with Crippen LogP contribution in [-0.2, 0) is 9.59 Å². The van der Waals surface area contributed by atoms with Gasteiger partial charge in [0, 0.05) is 27.9 Å². The number of amides is 3. The van der Waals surface area contributed by atoms with Gasteiger partial charge in [-0.05, 0) is 79.7 Å². The molecule has 0 aliphatic rings. The van der Waals surface area contributed by atoms with Crippen LogP contribution in [-0.4, -0.2) is 30.1 Å². The van der Waals surface area contributed by atoms with Crippen molar-refractivity contribution in [2.75, 3.05) is 17.7 Å². The lowest BCUT2D eigenvalue weighted by atomic mass is 10.1. The molecule has 45 heavy (non-hydrogen) atoms. The third kappa shape index (κ3) is 8.31. The number of nitrogens with one attached hydrogen (secondary N) is 3. The molecular formula is C36H31N3O5S. The van der Waals surface area contributed by atoms with E-state index in [9.17, 15) is 14.4 Å². The van der Waals surface area contributed by atoms with E-state index >= 15 is 0 Å². The molecule has 1 atom stereocenters. The van der Waals surface area contributed by atoms with Gasteiger partial charge in [-0.25, -0.2) is 0 Å². The highest BCUT2D eigenvalue weighted by molar-refractivity contribution is 8.00. The molecule has 4 aromatic carbocycles. The summed E-state index contributed by atoms with van der Waals surface area (Å²) in [5, 5.41) is 8.12. The first-order valence-corrected chi connectivity index (χ1v) is 15.0. The Morgan fingerprint density at radius 1 is 0.756 bits per heavy atom. The molecule has 9 heteroatoms. The van der Waals surface area contributed by atoms with E-state index in [4.69, 9.17) is 9.15 Å². The second-order valence-electron chi connectivity index (χ2n) is 9.87. The first-order valence-electron chi connectivity index (χ1n) is 14.1. The van der Waals surface area contributed by atoms with E-state index in [0.717, 1.165) is 16.1 Å². The van der Waals surface area contributed by atoms with Crippen molar-refractivity contribution in [2.45, 2.75) is 17.1 Å². The quantitative estimate of drug-likeness (QED) is 0.105. The molecule has 0 radical (unpaired) electrons. The van der Waals surface area contributed by atoms with Crippen LogP contribution in [0.1, 0.15) is 23.0 Å². The Labute approximate surface area is 265 Å². The molecule has 1 heterocycles. The summed E-state index contributed by atoms with van der Waals surface area (Å²) in [4.78, 5) is 40.0. The average molecular weight is 618 g/mol. The summed E-state index contributed by atoms with van der Waals surface area (Å²) in [5.74, 6) is 0.468. The fourth-order valence-corrected chi connectivity index (χ4v) is 5.21. The fourth-order valence-electron chi connectivity index (χ4n) is 4.35. The summed E-state index contributed by atoms with van der Waals surface area (Å²) in [5.41, 5.74) is 2.40. The number of anilines is 2. The molecule has 0 saturated carbocycles. The number of benzene rings is 4. The van der Waals surface area contributed by atoms with Crippen LogP contribution in [0, 0.1) is 0 Å². The lowest BCUT2D eigenvalue weighted by Crippen LogP contribution is -2.30. The maximum absolute atomic E-state index is 13.5. The van der Waals surface area contributed by atoms with Crippen molar-refractivity contribution >= 4 is 46.9 Å². The fraction of sp³-hybridized carbons (Fsp3) is 0.0833. The highest BCUT2D eigenvalue weighted by Crippen LogP contribution is 2.31. The number of rotatable bonds is 11. The molecule has 1 aromatic heterocycles. The number of para-hydroxylation sites is 2. The van der Waals surface area contributed by atoms with Gasteiger partial charge in [-0.15, -0.1) is 11.8 Å². The Morgan fingerprint density at radius 3 is 2.11 bits per heavy atom. The Balaban J connectivity index is 1.31. The van der Waals surface area contributed by atoms with E-state index in [1.54, 1.807) is 61.7 Å². The van der Waals surface area contributed by atoms with Crippen LogP contribution in [0.25, 0.3) is 17.4 Å². The predicted octanol–water partition coefficient (Wildman–Crippen LogP) is 7.48. The van der Waals surface area contributed by atoms with E-state index in [2.05, 4.69) is 16.0 Å². The lowest BCUT2D eigenvalue weighted by Gasteiger charge is -2.13. The van der Waals surface area contributed by atoms with Gasteiger partial charge in [0.25, 0.3) is 11.8 Å². The molecule has 8 nitrogen and oxygen atoms in total. The van der Waals surface area contributed by atoms with Gasteiger partial charge >= 0.3 is 0 Å². The minimum Gasteiger partial charge on any atom is -0.496 e. The van der Waals surface area contributed by atoms with E-state index in [1.807, 2.05) is 73.7 Å². The number of hydrogen-bond donors (Lipinski definition) is 3. The summed E-state index contributed by atoms with van der Waals surface area (Å²) in [7, 11) is 1.58. The number of methoxy groups -OCH3 is 1. The van der Waals surface area contributed by atoms with Crippen molar-refractivity contribution in [1.82, 2.24) is 5.32 Å². The third-order valence-electron chi connectivity index (χ3n) is 6.65. The molecule has 1 unspecified atom stereocenters. The molecule has 226 valence electrons. The zero-order chi connectivity index (χ0) is 31.6. The number of carbonyl (C=O) groups is 3. The van der Waals surface area contributed by atoms with Gasteiger partial charge in [0.15, 0.2) is 0 Å². The van der Waals surface area contributed by atoms with Gasteiger partial charge < -0.3 is 25.1 Å². The van der Waals surface area contributed by atoms with Gasteiger partial charge in [-0.2, -0.15) is 0 Å². The number of hydrogen-bond acceptors (Lipinski definition) is 6. The van der Waals surface area contributed by atoms with Crippen LogP contribution in [0.2, 0.25) is 0 Å². The van der Waals surface area contributed by atoms with E-state index in [-0.39, 0.29) is 16.9 Å². The lowest BCUT2D eigenvalue weighted by molar-refractivity contribution is -0.115. The minimum absolute atomic E-state index is 0.00515. The molecule has 0 saturated heterocycles. The number of ether oxygens (including phenoxy) is 1. The second-order valence-corrected chi connectivity index (χ2v) is 11.3. The highest BCUT2D eigenvalue weighted by Gasteiger charge is 2.18. The molecule has 5 rings (SSSR count). The average Bonchev–Trinajstić information content (AvgIpc) is 3.54. The van der Waals surface area contributed by atoms with Crippen molar-refractivity contribution in [1.29, 1.82) is 0 Å². The normalized spacial score (nSPS) is 11.7. The molecular weight excluding hydrogens is 586 g/mol.